The van der Waals surface area contributed by atoms with Gasteiger partial charge in [-0.2, -0.15) is 0 Å². The summed E-state index contributed by atoms with van der Waals surface area (Å²) in [5, 5.41) is 2.58. The first-order valence-corrected chi connectivity index (χ1v) is 12.5. The second kappa shape index (κ2) is 10.6. The molecule has 1 N–H and O–H groups in total. The predicted octanol–water partition coefficient (Wildman–Crippen LogP) is 6.14. The molecule has 5 rings (SSSR count). The second-order valence-electron chi connectivity index (χ2n) is 9.51. The number of aromatic nitrogens is 1. The molecule has 0 fully saturated rings. The Balaban J connectivity index is 1.50. The molecule has 0 aliphatic carbocycles. The lowest BCUT2D eigenvalue weighted by molar-refractivity contribution is -0.119. The lowest BCUT2D eigenvalue weighted by Gasteiger charge is -2.40. The molecule has 4 aromatic rings. The summed E-state index contributed by atoms with van der Waals surface area (Å²) in [6.07, 6.45) is 1.96. The monoisotopic (exact) mass is 530 g/mol. The molecule has 1 unspecified atom stereocenters. The van der Waals surface area contributed by atoms with Gasteiger partial charge in [-0.1, -0.05) is 24.3 Å². The van der Waals surface area contributed by atoms with E-state index in [1.54, 1.807) is 25.9 Å². The first-order valence-electron chi connectivity index (χ1n) is 12.5. The summed E-state index contributed by atoms with van der Waals surface area (Å²) in [7, 11) is 1.60. The number of methoxy groups -OCH3 is 1. The number of carbonyl (C=O) groups excluding carboxylic acids is 2. The van der Waals surface area contributed by atoms with Gasteiger partial charge in [0, 0.05) is 24.0 Å². The van der Waals surface area contributed by atoms with Crippen molar-refractivity contribution in [1.29, 1.82) is 0 Å². The van der Waals surface area contributed by atoms with Crippen LogP contribution in [0.5, 0.6) is 5.75 Å². The molecule has 3 aromatic carbocycles. The van der Waals surface area contributed by atoms with Crippen LogP contribution in [0.25, 0.3) is 5.69 Å². The highest BCUT2D eigenvalue weighted by Gasteiger charge is 2.37. The highest BCUT2D eigenvalue weighted by molar-refractivity contribution is 6.01. The molecule has 0 spiro atoms. The molecule has 0 bridgehead atoms. The highest BCUT2D eigenvalue weighted by Crippen LogP contribution is 2.42. The van der Waals surface area contributed by atoms with Crippen molar-refractivity contribution in [3.05, 3.63) is 108 Å². The summed E-state index contributed by atoms with van der Waals surface area (Å²) in [6.45, 7) is 3.33. The molecule has 1 aromatic heterocycles. The summed E-state index contributed by atoms with van der Waals surface area (Å²) in [5.41, 5.74) is 3.42. The minimum absolute atomic E-state index is 0.0919. The van der Waals surface area contributed by atoms with Crippen LogP contribution in [-0.4, -0.2) is 41.1 Å². The summed E-state index contributed by atoms with van der Waals surface area (Å²) in [5.74, 6) is -1.69. The Labute approximate surface area is 225 Å². The van der Waals surface area contributed by atoms with E-state index in [1.165, 1.54) is 11.0 Å². The molecular weight excluding hydrogens is 502 g/mol. The minimum Gasteiger partial charge on any atom is -0.497 e. The van der Waals surface area contributed by atoms with E-state index in [1.807, 2.05) is 66.9 Å². The smallest absolute Gasteiger partial charge is 0.322 e. The summed E-state index contributed by atoms with van der Waals surface area (Å²) in [6, 6.07) is 20.8. The Morgan fingerprint density at radius 2 is 1.67 bits per heavy atom. The molecule has 200 valence electrons. The van der Waals surface area contributed by atoms with E-state index in [9.17, 15) is 18.4 Å². The van der Waals surface area contributed by atoms with Crippen molar-refractivity contribution >= 4 is 23.3 Å². The molecule has 3 amide bonds. The average Bonchev–Trinajstić information content (AvgIpc) is 3.43. The topological polar surface area (TPSA) is 66.8 Å². The fraction of sp³-hybridized carbons (Fsp3) is 0.200. The van der Waals surface area contributed by atoms with Crippen molar-refractivity contribution < 1.29 is 23.1 Å². The van der Waals surface area contributed by atoms with Gasteiger partial charge in [-0.15, -0.1) is 0 Å². The maximum Gasteiger partial charge on any atom is 0.322 e. The van der Waals surface area contributed by atoms with Gasteiger partial charge in [-0.3, -0.25) is 9.69 Å². The number of nitrogens with zero attached hydrogens (tertiary/aromatic N) is 3. The third-order valence-electron chi connectivity index (χ3n) is 6.78. The first-order chi connectivity index (χ1) is 18.8. The number of rotatable bonds is 6. The van der Waals surface area contributed by atoms with Gasteiger partial charge in [0.2, 0.25) is 5.91 Å². The summed E-state index contributed by atoms with van der Waals surface area (Å²) >= 11 is 0. The zero-order valence-electron chi connectivity index (χ0n) is 21.8. The Morgan fingerprint density at radius 3 is 2.33 bits per heavy atom. The van der Waals surface area contributed by atoms with E-state index in [4.69, 9.17) is 4.74 Å². The molecule has 1 aliphatic heterocycles. The molecular formula is C30H28F2N4O3. The van der Waals surface area contributed by atoms with Gasteiger partial charge in [0.1, 0.15) is 18.3 Å². The molecule has 9 heteroatoms. The quantitative estimate of drug-likeness (QED) is 0.326. The summed E-state index contributed by atoms with van der Waals surface area (Å²) < 4.78 is 34.5. The van der Waals surface area contributed by atoms with Crippen LogP contribution in [0.4, 0.5) is 25.0 Å². The van der Waals surface area contributed by atoms with Crippen LogP contribution in [-0.2, 0) is 4.79 Å². The molecule has 1 atom stereocenters. The van der Waals surface area contributed by atoms with Gasteiger partial charge < -0.3 is 19.5 Å². The standard InChI is InChI=1S/C30H28F2N4O3/c1-19(2)35(30(38)33-21-12-15-23(31)24(32)17-21)18-28(37)36-26-8-5-4-7-25(26)34-16-6-9-27(34)29(36)20-10-13-22(39-3)14-11-20/h4-17,19,29H,18H2,1-3H3,(H,33,38). The Morgan fingerprint density at radius 1 is 0.949 bits per heavy atom. The minimum atomic E-state index is -1.07. The van der Waals surface area contributed by atoms with Crippen molar-refractivity contribution in [3.63, 3.8) is 0 Å². The Bertz CT molecular complexity index is 1520. The number of hydrogen-bond acceptors (Lipinski definition) is 3. The maximum absolute atomic E-state index is 14.1. The van der Waals surface area contributed by atoms with E-state index in [0.717, 1.165) is 29.1 Å². The number of amides is 3. The number of anilines is 2. The van der Waals surface area contributed by atoms with Gasteiger partial charge in [0.25, 0.3) is 0 Å². The third-order valence-corrected chi connectivity index (χ3v) is 6.78. The lowest BCUT2D eigenvalue weighted by Crippen LogP contribution is -2.49. The van der Waals surface area contributed by atoms with E-state index >= 15 is 0 Å². The number of carbonyl (C=O) groups is 2. The van der Waals surface area contributed by atoms with E-state index in [0.29, 0.717) is 11.4 Å². The number of urea groups is 1. The second-order valence-corrected chi connectivity index (χ2v) is 9.51. The van der Waals surface area contributed by atoms with Crippen molar-refractivity contribution in [2.24, 2.45) is 0 Å². The van der Waals surface area contributed by atoms with E-state index < -0.39 is 23.7 Å². The average molecular weight is 531 g/mol. The SMILES string of the molecule is COc1ccc(C2c3cccn3-c3ccccc3N2C(=O)CN(C(=O)Nc2ccc(F)c(F)c2)C(C)C)cc1. The highest BCUT2D eigenvalue weighted by atomic mass is 19.2. The third kappa shape index (κ3) is 4.95. The molecule has 0 saturated carbocycles. The van der Waals surface area contributed by atoms with Gasteiger partial charge in [-0.05, 0) is 67.9 Å². The van der Waals surface area contributed by atoms with Crippen molar-refractivity contribution in [3.8, 4) is 11.4 Å². The molecule has 0 saturated heterocycles. The lowest BCUT2D eigenvalue weighted by atomic mass is 9.97. The van der Waals surface area contributed by atoms with Crippen molar-refractivity contribution in [2.45, 2.75) is 25.9 Å². The fourth-order valence-corrected chi connectivity index (χ4v) is 4.84. The largest absolute Gasteiger partial charge is 0.497 e. The number of para-hydroxylation sites is 2. The van der Waals surface area contributed by atoms with Crippen molar-refractivity contribution in [1.82, 2.24) is 9.47 Å². The number of nitrogens with one attached hydrogen (secondary N) is 1. The first kappa shape index (κ1) is 26.0. The number of ether oxygens (including phenoxy) is 1. The van der Waals surface area contributed by atoms with E-state index in [2.05, 4.69) is 9.88 Å². The normalized spacial score (nSPS) is 14.0. The molecule has 7 nitrogen and oxygen atoms in total. The van der Waals surface area contributed by atoms with Crippen LogP contribution >= 0.6 is 0 Å². The molecule has 0 radical (unpaired) electrons. The molecule has 1 aliphatic rings. The fourth-order valence-electron chi connectivity index (χ4n) is 4.84. The molecule has 39 heavy (non-hydrogen) atoms. The van der Waals surface area contributed by atoms with Crippen LogP contribution in [0.3, 0.4) is 0 Å². The Hall–Kier alpha value is -4.66. The van der Waals surface area contributed by atoms with Crippen LogP contribution < -0.4 is 15.0 Å². The van der Waals surface area contributed by atoms with Crippen LogP contribution in [0.1, 0.15) is 31.1 Å². The Kier molecular flexibility index (Phi) is 7.06. The van der Waals surface area contributed by atoms with Crippen LogP contribution in [0.2, 0.25) is 0 Å². The number of benzene rings is 3. The van der Waals surface area contributed by atoms with Crippen molar-refractivity contribution in [2.75, 3.05) is 23.9 Å². The van der Waals surface area contributed by atoms with Gasteiger partial charge in [0.15, 0.2) is 11.6 Å². The van der Waals surface area contributed by atoms with Gasteiger partial charge >= 0.3 is 6.03 Å². The number of halogens is 2. The zero-order chi connectivity index (χ0) is 27.7. The maximum atomic E-state index is 14.1. The number of fused-ring (bicyclic) bond motifs is 3. The number of hydrogen-bond donors (Lipinski definition) is 1. The molecule has 2 heterocycles. The zero-order valence-corrected chi connectivity index (χ0v) is 21.8. The predicted molar refractivity (Wildman–Crippen MR) is 145 cm³/mol. The van der Waals surface area contributed by atoms with Crippen LogP contribution in [0.15, 0.2) is 85.1 Å². The van der Waals surface area contributed by atoms with Gasteiger partial charge in [-0.25, -0.2) is 13.6 Å². The van der Waals surface area contributed by atoms with Gasteiger partial charge in [0.05, 0.1) is 24.2 Å². The van der Waals surface area contributed by atoms with E-state index in [-0.39, 0.29) is 24.2 Å². The summed E-state index contributed by atoms with van der Waals surface area (Å²) in [4.78, 5) is 30.4. The van der Waals surface area contributed by atoms with Crippen LogP contribution in [0, 0.1) is 11.6 Å².